The van der Waals surface area contributed by atoms with Crippen LogP contribution >= 0.6 is 0 Å². The summed E-state index contributed by atoms with van der Waals surface area (Å²) in [4.78, 5) is 38.9. The molecule has 1 aliphatic heterocycles. The summed E-state index contributed by atoms with van der Waals surface area (Å²) in [6.45, 7) is 2.30. The van der Waals surface area contributed by atoms with Crippen LogP contribution < -0.4 is 5.32 Å². The first-order chi connectivity index (χ1) is 16.4. The van der Waals surface area contributed by atoms with Gasteiger partial charge in [0.25, 0.3) is 0 Å². The van der Waals surface area contributed by atoms with E-state index >= 15 is 0 Å². The maximum absolute atomic E-state index is 13.1. The number of carboxylic acids is 1. The first kappa shape index (κ1) is 23.8. The summed E-state index contributed by atoms with van der Waals surface area (Å²) in [5, 5.41) is 12.3. The number of rotatable bonds is 7. The lowest BCUT2D eigenvalue weighted by molar-refractivity contribution is -0.171. The van der Waals surface area contributed by atoms with Gasteiger partial charge in [-0.2, -0.15) is 0 Å². The van der Waals surface area contributed by atoms with E-state index in [2.05, 4.69) is 17.4 Å². The number of carboxylic acid groups (broad SMARTS) is 1. The molecule has 1 aliphatic carbocycles. The van der Waals surface area contributed by atoms with Crippen molar-refractivity contribution in [3.05, 3.63) is 59.7 Å². The molecular weight excluding hydrogens is 436 g/mol. The van der Waals surface area contributed by atoms with Gasteiger partial charge in [-0.25, -0.2) is 9.59 Å². The monoisotopic (exact) mass is 466 g/mol. The fourth-order valence-electron chi connectivity index (χ4n) is 4.98. The summed E-state index contributed by atoms with van der Waals surface area (Å²) in [7, 11) is 1.34. The summed E-state index contributed by atoms with van der Waals surface area (Å²) in [6, 6.07) is 15.3. The van der Waals surface area contributed by atoms with E-state index in [1.54, 1.807) is 6.92 Å². The van der Waals surface area contributed by atoms with E-state index in [-0.39, 0.29) is 25.0 Å². The number of amides is 2. The highest BCUT2D eigenvalue weighted by Gasteiger charge is 2.45. The van der Waals surface area contributed by atoms with E-state index in [4.69, 9.17) is 9.47 Å². The predicted octanol–water partition coefficient (Wildman–Crippen LogP) is 3.40. The number of piperidine rings is 1. The number of nitrogens with one attached hydrogen (secondary N) is 1. The van der Waals surface area contributed by atoms with E-state index in [9.17, 15) is 19.5 Å². The molecule has 0 saturated carbocycles. The summed E-state index contributed by atoms with van der Waals surface area (Å²) in [6.07, 6.45) is 0.522. The average molecular weight is 467 g/mol. The molecule has 8 heteroatoms. The Morgan fingerprint density at radius 2 is 1.74 bits per heavy atom. The molecule has 0 spiro atoms. The number of hydrogen-bond donors (Lipinski definition) is 2. The zero-order valence-corrected chi connectivity index (χ0v) is 19.5. The summed E-state index contributed by atoms with van der Waals surface area (Å²) >= 11 is 0. The summed E-state index contributed by atoms with van der Waals surface area (Å²) < 4.78 is 10.8. The van der Waals surface area contributed by atoms with Gasteiger partial charge in [0, 0.05) is 19.6 Å². The Balaban J connectivity index is 1.40. The van der Waals surface area contributed by atoms with Crippen molar-refractivity contribution >= 4 is 18.0 Å². The molecular formula is C26H30N2O6. The third-order valence-electron chi connectivity index (χ3n) is 6.89. The fourth-order valence-corrected chi connectivity index (χ4v) is 4.98. The lowest BCUT2D eigenvalue weighted by Gasteiger charge is -2.39. The van der Waals surface area contributed by atoms with Gasteiger partial charge in [0.05, 0.1) is 6.54 Å². The maximum Gasteiger partial charge on any atom is 0.407 e. The van der Waals surface area contributed by atoms with Crippen LogP contribution in [0, 0.1) is 0 Å². The third kappa shape index (κ3) is 4.37. The van der Waals surface area contributed by atoms with Crippen LogP contribution in [-0.2, 0) is 19.1 Å². The van der Waals surface area contributed by atoms with E-state index in [1.807, 2.05) is 36.4 Å². The number of nitrogens with zero attached hydrogens (tertiary/aromatic N) is 1. The molecule has 2 aliphatic rings. The second-order valence-electron chi connectivity index (χ2n) is 8.80. The number of carbonyl (C=O) groups is 3. The molecule has 0 radical (unpaired) electrons. The van der Waals surface area contributed by atoms with Gasteiger partial charge in [0.2, 0.25) is 5.91 Å². The lowest BCUT2D eigenvalue weighted by Crippen LogP contribution is -2.59. The molecule has 34 heavy (non-hydrogen) atoms. The normalized spacial score (nSPS) is 20.2. The maximum atomic E-state index is 13.1. The van der Waals surface area contributed by atoms with Gasteiger partial charge in [0.1, 0.15) is 12.6 Å². The first-order valence-corrected chi connectivity index (χ1v) is 11.6. The SMILES string of the molecule is CC[C@@H](NC(=O)OCC1c2ccccc2-c2ccccc21)C(=O)N1CCCC(OC)(C(=O)O)C1. The molecule has 1 fully saturated rings. The Morgan fingerprint density at radius 1 is 1.12 bits per heavy atom. The Bertz CT molecular complexity index is 1040. The standard InChI is InChI=1S/C26H30N2O6/c1-3-22(23(29)28-14-8-13-26(16-28,33-2)24(30)31)27-25(32)34-15-21-19-11-6-4-9-17(19)18-10-5-7-12-20(18)21/h4-7,9-12,21-22H,3,8,13-16H2,1-2H3,(H,27,32)(H,30,31)/t22-,26?/m1/s1. The molecule has 0 aromatic heterocycles. The largest absolute Gasteiger partial charge is 0.479 e. The number of carbonyl (C=O) groups excluding carboxylic acids is 2. The van der Waals surface area contributed by atoms with Crippen LogP contribution in [-0.4, -0.2) is 66.4 Å². The minimum atomic E-state index is -1.42. The molecule has 1 unspecified atom stereocenters. The molecule has 8 nitrogen and oxygen atoms in total. The quantitative estimate of drug-likeness (QED) is 0.648. The number of benzene rings is 2. The molecule has 2 aromatic carbocycles. The minimum Gasteiger partial charge on any atom is -0.479 e. The van der Waals surface area contributed by atoms with E-state index < -0.39 is 23.7 Å². The van der Waals surface area contributed by atoms with Crippen molar-refractivity contribution in [2.45, 2.75) is 43.7 Å². The molecule has 180 valence electrons. The van der Waals surface area contributed by atoms with Crippen molar-refractivity contribution in [3.8, 4) is 11.1 Å². The molecule has 4 rings (SSSR count). The molecule has 2 N–H and O–H groups in total. The molecule has 0 bridgehead atoms. The van der Waals surface area contributed by atoms with Crippen LogP contribution in [0.15, 0.2) is 48.5 Å². The van der Waals surface area contributed by atoms with E-state index in [1.165, 1.54) is 12.0 Å². The second kappa shape index (κ2) is 9.85. The zero-order valence-electron chi connectivity index (χ0n) is 19.5. The number of hydrogen-bond acceptors (Lipinski definition) is 5. The van der Waals surface area contributed by atoms with Crippen LogP contribution in [0.2, 0.25) is 0 Å². The highest BCUT2D eigenvalue weighted by molar-refractivity contribution is 5.87. The van der Waals surface area contributed by atoms with Crippen LogP contribution in [0.5, 0.6) is 0 Å². The topological polar surface area (TPSA) is 105 Å². The minimum absolute atomic E-state index is 0.0550. The Kier molecular flexibility index (Phi) is 6.88. The molecule has 1 heterocycles. The Morgan fingerprint density at radius 3 is 2.29 bits per heavy atom. The highest BCUT2D eigenvalue weighted by Crippen LogP contribution is 2.44. The molecule has 1 saturated heterocycles. The number of fused-ring (bicyclic) bond motifs is 3. The first-order valence-electron chi connectivity index (χ1n) is 11.6. The second-order valence-corrected chi connectivity index (χ2v) is 8.80. The highest BCUT2D eigenvalue weighted by atomic mass is 16.5. The van der Waals surface area contributed by atoms with E-state index in [0.29, 0.717) is 25.8 Å². The van der Waals surface area contributed by atoms with Gasteiger partial charge in [-0.1, -0.05) is 55.5 Å². The predicted molar refractivity (Wildman–Crippen MR) is 125 cm³/mol. The van der Waals surface area contributed by atoms with Crippen molar-refractivity contribution in [1.82, 2.24) is 10.2 Å². The number of methoxy groups -OCH3 is 1. The van der Waals surface area contributed by atoms with Gasteiger partial charge in [-0.3, -0.25) is 4.79 Å². The smallest absolute Gasteiger partial charge is 0.407 e. The van der Waals surface area contributed by atoms with Crippen molar-refractivity contribution in [1.29, 1.82) is 0 Å². The molecule has 2 amide bonds. The number of likely N-dealkylation sites (tertiary alicyclic amines) is 1. The van der Waals surface area contributed by atoms with Crippen LogP contribution in [0.3, 0.4) is 0 Å². The number of ether oxygens (including phenoxy) is 2. The van der Waals surface area contributed by atoms with Crippen molar-refractivity contribution in [3.63, 3.8) is 0 Å². The van der Waals surface area contributed by atoms with Crippen LogP contribution in [0.1, 0.15) is 43.2 Å². The third-order valence-corrected chi connectivity index (χ3v) is 6.89. The van der Waals surface area contributed by atoms with Crippen molar-refractivity contribution in [2.75, 3.05) is 26.8 Å². The number of alkyl carbamates (subject to hydrolysis) is 1. The average Bonchev–Trinajstić information content (AvgIpc) is 3.19. The molecule has 2 aromatic rings. The van der Waals surface area contributed by atoms with E-state index in [0.717, 1.165) is 22.3 Å². The van der Waals surface area contributed by atoms with Crippen molar-refractivity contribution < 1.29 is 29.0 Å². The Hall–Kier alpha value is -3.39. The summed E-state index contributed by atoms with van der Waals surface area (Å²) in [5.41, 5.74) is 3.07. The van der Waals surface area contributed by atoms with Gasteiger partial charge in [-0.05, 0) is 41.5 Å². The van der Waals surface area contributed by atoms with Crippen LogP contribution in [0.25, 0.3) is 11.1 Å². The van der Waals surface area contributed by atoms with Gasteiger partial charge >= 0.3 is 12.1 Å². The zero-order chi connectivity index (χ0) is 24.3. The lowest BCUT2D eigenvalue weighted by atomic mass is 9.92. The Labute approximate surface area is 198 Å². The molecule has 2 atom stereocenters. The number of aliphatic carboxylic acids is 1. The van der Waals surface area contributed by atoms with Gasteiger partial charge in [0.15, 0.2) is 5.60 Å². The fraction of sp³-hybridized carbons (Fsp3) is 0.423. The van der Waals surface area contributed by atoms with Gasteiger partial charge < -0.3 is 24.8 Å². The van der Waals surface area contributed by atoms with Gasteiger partial charge in [-0.15, -0.1) is 0 Å². The van der Waals surface area contributed by atoms with Crippen molar-refractivity contribution in [2.24, 2.45) is 0 Å². The summed E-state index contributed by atoms with van der Waals surface area (Å²) in [5.74, 6) is -1.50. The van der Waals surface area contributed by atoms with Crippen LogP contribution in [0.4, 0.5) is 4.79 Å².